The molecule has 0 heterocycles. The quantitative estimate of drug-likeness (QED) is 0.708. The second kappa shape index (κ2) is 8.14. The molecule has 1 aromatic rings. The Morgan fingerprint density at radius 1 is 1.12 bits per heavy atom. The van der Waals surface area contributed by atoms with Crippen LogP contribution in [0.1, 0.15) is 18.9 Å². The first-order valence-corrected chi connectivity index (χ1v) is 5.96. The highest BCUT2D eigenvalue weighted by Crippen LogP contribution is 2.09. The van der Waals surface area contributed by atoms with E-state index < -0.39 is 11.6 Å². The third-order valence-corrected chi connectivity index (χ3v) is 2.37. The highest BCUT2D eigenvalue weighted by Gasteiger charge is 2.02. The van der Waals surface area contributed by atoms with E-state index in [0.717, 1.165) is 31.1 Å². The first-order valence-electron chi connectivity index (χ1n) is 5.96. The van der Waals surface area contributed by atoms with Gasteiger partial charge in [-0.2, -0.15) is 0 Å². The van der Waals surface area contributed by atoms with Crippen molar-refractivity contribution in [2.24, 2.45) is 0 Å². The summed E-state index contributed by atoms with van der Waals surface area (Å²) in [5, 5.41) is 3.22. The van der Waals surface area contributed by atoms with Crippen molar-refractivity contribution >= 4 is 0 Å². The molecule has 0 aromatic heterocycles. The van der Waals surface area contributed by atoms with Crippen molar-refractivity contribution in [2.75, 3.05) is 26.3 Å². The number of ether oxygens (including phenoxy) is 1. The minimum Gasteiger partial charge on any atom is -0.380 e. The van der Waals surface area contributed by atoms with Crippen LogP contribution in [0.25, 0.3) is 0 Å². The van der Waals surface area contributed by atoms with Gasteiger partial charge >= 0.3 is 0 Å². The molecule has 0 atom stereocenters. The van der Waals surface area contributed by atoms with E-state index in [1.54, 1.807) is 6.07 Å². The molecule has 0 aliphatic rings. The minimum absolute atomic E-state index is 0.527. The summed E-state index contributed by atoms with van der Waals surface area (Å²) in [6.45, 7) is 5.09. The Kier molecular flexibility index (Phi) is 6.74. The Labute approximate surface area is 101 Å². The van der Waals surface area contributed by atoms with Crippen molar-refractivity contribution in [1.82, 2.24) is 5.32 Å². The molecule has 96 valence electrons. The zero-order valence-electron chi connectivity index (χ0n) is 10.1. The molecule has 0 aliphatic carbocycles. The van der Waals surface area contributed by atoms with Crippen molar-refractivity contribution < 1.29 is 13.5 Å². The minimum atomic E-state index is -0.807. The molecule has 17 heavy (non-hydrogen) atoms. The summed E-state index contributed by atoms with van der Waals surface area (Å²) < 4.78 is 30.9. The molecule has 0 bridgehead atoms. The van der Waals surface area contributed by atoms with Crippen LogP contribution in [0.5, 0.6) is 0 Å². The maximum Gasteiger partial charge on any atom is 0.159 e. The third-order valence-electron chi connectivity index (χ3n) is 2.37. The van der Waals surface area contributed by atoms with Gasteiger partial charge in [0.2, 0.25) is 0 Å². The van der Waals surface area contributed by atoms with E-state index in [1.807, 2.05) is 0 Å². The van der Waals surface area contributed by atoms with E-state index in [9.17, 15) is 8.78 Å². The monoisotopic (exact) mass is 243 g/mol. The van der Waals surface area contributed by atoms with Gasteiger partial charge in [0.15, 0.2) is 11.6 Å². The molecular weight excluding hydrogens is 224 g/mol. The van der Waals surface area contributed by atoms with Crippen molar-refractivity contribution in [3.63, 3.8) is 0 Å². The molecular formula is C13H19F2NO. The van der Waals surface area contributed by atoms with Crippen LogP contribution in [0.2, 0.25) is 0 Å². The highest BCUT2D eigenvalue weighted by atomic mass is 19.2. The van der Waals surface area contributed by atoms with Gasteiger partial charge < -0.3 is 10.1 Å². The highest BCUT2D eigenvalue weighted by molar-refractivity contribution is 5.17. The topological polar surface area (TPSA) is 21.3 Å². The van der Waals surface area contributed by atoms with Crippen LogP contribution in [0, 0.1) is 11.6 Å². The predicted molar refractivity (Wildman–Crippen MR) is 64.0 cm³/mol. The van der Waals surface area contributed by atoms with Crippen molar-refractivity contribution in [1.29, 1.82) is 0 Å². The zero-order chi connectivity index (χ0) is 12.5. The number of nitrogens with one attached hydrogen (secondary N) is 1. The summed E-state index contributed by atoms with van der Waals surface area (Å²) in [5.41, 5.74) is 0.755. The van der Waals surface area contributed by atoms with E-state index in [1.165, 1.54) is 6.07 Å². The van der Waals surface area contributed by atoms with E-state index in [4.69, 9.17) is 4.74 Å². The third kappa shape index (κ3) is 5.75. The average molecular weight is 243 g/mol. The second-order valence-electron chi connectivity index (χ2n) is 3.86. The average Bonchev–Trinajstić information content (AvgIpc) is 2.32. The molecule has 0 saturated heterocycles. The van der Waals surface area contributed by atoms with Crippen LogP contribution in [-0.4, -0.2) is 26.3 Å². The Balaban J connectivity index is 2.11. The molecule has 0 unspecified atom stereocenters. The summed E-state index contributed by atoms with van der Waals surface area (Å²) in [6, 6.07) is 3.94. The Morgan fingerprint density at radius 2 is 1.94 bits per heavy atom. The van der Waals surface area contributed by atoms with Crippen LogP contribution >= 0.6 is 0 Å². The molecule has 0 spiro atoms. The normalized spacial score (nSPS) is 10.8. The lowest BCUT2D eigenvalue weighted by molar-refractivity contribution is 0.139. The maximum atomic E-state index is 12.9. The smallest absolute Gasteiger partial charge is 0.159 e. The van der Waals surface area contributed by atoms with Crippen LogP contribution in [0.15, 0.2) is 18.2 Å². The predicted octanol–water partition coefficient (Wildman–Crippen LogP) is 2.52. The van der Waals surface area contributed by atoms with Crippen molar-refractivity contribution in [2.45, 2.75) is 19.8 Å². The number of hydrogen-bond acceptors (Lipinski definition) is 2. The standard InChI is InChI=1S/C13H19F2NO/c1-2-6-16-7-9-17-8-5-11-3-4-12(14)13(15)10-11/h3-4,10,16H,2,5-9H2,1H3. The Morgan fingerprint density at radius 3 is 2.65 bits per heavy atom. The van der Waals surface area contributed by atoms with Gasteiger partial charge in [0, 0.05) is 6.54 Å². The van der Waals surface area contributed by atoms with Gasteiger partial charge in [0.1, 0.15) is 0 Å². The second-order valence-corrected chi connectivity index (χ2v) is 3.86. The molecule has 0 saturated carbocycles. The van der Waals surface area contributed by atoms with E-state index in [-0.39, 0.29) is 0 Å². The largest absolute Gasteiger partial charge is 0.380 e. The molecule has 0 radical (unpaired) electrons. The number of hydrogen-bond donors (Lipinski definition) is 1. The van der Waals surface area contributed by atoms with Crippen molar-refractivity contribution in [3.8, 4) is 0 Å². The van der Waals surface area contributed by atoms with Gasteiger partial charge in [-0.05, 0) is 37.1 Å². The number of rotatable bonds is 8. The summed E-state index contributed by atoms with van der Waals surface area (Å²) >= 11 is 0. The Bertz CT molecular complexity index is 331. The van der Waals surface area contributed by atoms with Gasteiger partial charge in [-0.1, -0.05) is 13.0 Å². The summed E-state index contributed by atoms with van der Waals surface area (Å²) in [4.78, 5) is 0. The molecule has 0 fully saturated rings. The first kappa shape index (κ1) is 14.1. The molecule has 0 amide bonds. The van der Waals surface area contributed by atoms with Crippen LogP contribution in [0.3, 0.4) is 0 Å². The molecule has 2 nitrogen and oxygen atoms in total. The van der Waals surface area contributed by atoms with Gasteiger partial charge in [0.05, 0.1) is 13.2 Å². The molecule has 1 aromatic carbocycles. The van der Waals surface area contributed by atoms with Gasteiger partial charge in [0.25, 0.3) is 0 Å². The van der Waals surface area contributed by atoms with Crippen LogP contribution in [-0.2, 0) is 11.2 Å². The fourth-order valence-corrected chi connectivity index (χ4v) is 1.43. The molecule has 4 heteroatoms. The molecule has 1 rings (SSSR count). The number of halogens is 2. The van der Waals surface area contributed by atoms with Gasteiger partial charge in [-0.15, -0.1) is 0 Å². The summed E-state index contributed by atoms with van der Waals surface area (Å²) in [6.07, 6.45) is 1.71. The van der Waals surface area contributed by atoms with E-state index in [0.29, 0.717) is 19.6 Å². The van der Waals surface area contributed by atoms with Crippen LogP contribution in [0.4, 0.5) is 8.78 Å². The first-order chi connectivity index (χ1) is 8.24. The SMILES string of the molecule is CCCNCCOCCc1ccc(F)c(F)c1. The van der Waals surface area contributed by atoms with E-state index in [2.05, 4.69) is 12.2 Å². The Hall–Kier alpha value is -1.00. The fourth-order valence-electron chi connectivity index (χ4n) is 1.43. The lowest BCUT2D eigenvalue weighted by atomic mass is 10.1. The van der Waals surface area contributed by atoms with Gasteiger partial charge in [-0.25, -0.2) is 8.78 Å². The lowest BCUT2D eigenvalue weighted by Crippen LogP contribution is -2.20. The zero-order valence-corrected chi connectivity index (χ0v) is 10.1. The lowest BCUT2D eigenvalue weighted by Gasteiger charge is -2.05. The van der Waals surface area contributed by atoms with E-state index >= 15 is 0 Å². The van der Waals surface area contributed by atoms with Crippen LogP contribution < -0.4 is 5.32 Å². The van der Waals surface area contributed by atoms with Crippen molar-refractivity contribution in [3.05, 3.63) is 35.4 Å². The fraction of sp³-hybridized carbons (Fsp3) is 0.538. The molecule has 0 aliphatic heterocycles. The summed E-state index contributed by atoms with van der Waals surface area (Å²) in [7, 11) is 0. The maximum absolute atomic E-state index is 12.9. The summed E-state index contributed by atoms with van der Waals surface area (Å²) in [5.74, 6) is -1.61. The van der Waals surface area contributed by atoms with Gasteiger partial charge in [-0.3, -0.25) is 0 Å². The molecule has 1 N–H and O–H groups in total. The number of benzene rings is 1.